The maximum Gasteiger partial charge on any atom is 0.484 e. The average molecular weight is 274 g/mol. The molecular weight excluding hydrogens is 253 g/mol. The van der Waals surface area contributed by atoms with Gasteiger partial charge in [-0.05, 0) is 27.7 Å². The maximum absolute atomic E-state index is 12.6. The van der Waals surface area contributed by atoms with E-state index in [2.05, 4.69) is 0 Å². The van der Waals surface area contributed by atoms with Crippen molar-refractivity contribution in [3.8, 4) is 0 Å². The zero-order chi connectivity index (χ0) is 13.4. The van der Waals surface area contributed by atoms with Gasteiger partial charge in [0.1, 0.15) is 0 Å². The molecule has 1 unspecified atom stereocenters. The van der Waals surface area contributed by atoms with Crippen LogP contribution in [0.4, 0.5) is 13.2 Å². The van der Waals surface area contributed by atoms with E-state index in [0.717, 1.165) is 0 Å². The summed E-state index contributed by atoms with van der Waals surface area (Å²) in [6.45, 7) is 7.19. The predicted octanol–water partition coefficient (Wildman–Crippen LogP) is 2.56. The van der Waals surface area contributed by atoms with E-state index in [4.69, 9.17) is 13.3 Å². The van der Waals surface area contributed by atoms with Crippen LogP contribution in [0, 0.1) is 0 Å². The van der Waals surface area contributed by atoms with Gasteiger partial charge in [-0.1, -0.05) is 0 Å². The molecule has 0 aliphatic carbocycles. The van der Waals surface area contributed by atoms with Crippen molar-refractivity contribution >= 4 is 9.53 Å². The summed E-state index contributed by atoms with van der Waals surface area (Å²) < 4.78 is 52.4. The third-order valence-corrected chi connectivity index (χ3v) is 3.73. The van der Waals surface area contributed by atoms with Gasteiger partial charge in [-0.15, -0.1) is 0 Å². The fourth-order valence-corrected chi connectivity index (χ4v) is 2.40. The highest BCUT2D eigenvalue weighted by Crippen LogP contribution is 2.10. The van der Waals surface area contributed by atoms with Crippen LogP contribution in [0.5, 0.6) is 0 Å². The van der Waals surface area contributed by atoms with Crippen molar-refractivity contribution in [3.05, 3.63) is 0 Å². The molecule has 0 radical (unpaired) electrons. The molecule has 0 aromatic heterocycles. The first kappa shape index (κ1) is 16.9. The van der Waals surface area contributed by atoms with Gasteiger partial charge in [-0.3, -0.25) is 0 Å². The Morgan fingerprint density at radius 1 is 0.941 bits per heavy atom. The lowest BCUT2D eigenvalue weighted by Gasteiger charge is -2.21. The number of halogens is 3. The summed E-state index contributed by atoms with van der Waals surface area (Å²) >= 11 is 0. The zero-order valence-corrected chi connectivity index (χ0v) is 11.8. The minimum absolute atomic E-state index is 0.0679. The van der Waals surface area contributed by atoms with E-state index in [0.29, 0.717) is 0 Å². The first-order valence-corrected chi connectivity index (χ1v) is 7.09. The maximum atomic E-state index is 12.6. The van der Waals surface area contributed by atoms with Crippen molar-refractivity contribution in [2.45, 2.75) is 58.9 Å². The molecule has 1 atom stereocenters. The van der Waals surface area contributed by atoms with E-state index >= 15 is 0 Å². The van der Waals surface area contributed by atoms with Crippen LogP contribution >= 0.6 is 0 Å². The first-order valence-electron chi connectivity index (χ1n) is 5.67. The topological polar surface area (TPSA) is 27.7 Å². The van der Waals surface area contributed by atoms with Crippen molar-refractivity contribution < 1.29 is 26.4 Å². The van der Waals surface area contributed by atoms with Crippen molar-refractivity contribution in [1.29, 1.82) is 0 Å². The summed E-state index contributed by atoms with van der Waals surface area (Å²) in [6.07, 6.45) is -5.59. The van der Waals surface area contributed by atoms with Gasteiger partial charge in [-0.25, -0.2) is 13.2 Å². The number of hydrogen-bond donors (Lipinski definition) is 0. The molecule has 7 heteroatoms. The van der Waals surface area contributed by atoms with E-state index in [1.165, 1.54) is 0 Å². The third kappa shape index (κ3) is 9.58. The predicted molar refractivity (Wildman–Crippen MR) is 61.1 cm³/mol. The summed E-state index contributed by atoms with van der Waals surface area (Å²) in [5.74, 6) is 0. The molecule has 3 nitrogen and oxygen atoms in total. The van der Waals surface area contributed by atoms with E-state index < -0.39 is 22.1 Å². The summed E-state index contributed by atoms with van der Waals surface area (Å²) in [6, 6.07) is 0. The lowest BCUT2D eigenvalue weighted by Crippen LogP contribution is -2.33. The molecule has 0 saturated carbocycles. The van der Waals surface area contributed by atoms with Crippen LogP contribution in [0.3, 0.4) is 0 Å². The largest absolute Gasteiger partial charge is 0.484 e. The summed E-state index contributed by atoms with van der Waals surface area (Å²) in [4.78, 5) is 0. The van der Waals surface area contributed by atoms with Gasteiger partial charge in [0.2, 0.25) is 0 Å². The Hall–Kier alpha value is -0.113. The summed E-state index contributed by atoms with van der Waals surface area (Å²) in [7, 11) is -2.35. The van der Waals surface area contributed by atoms with Crippen LogP contribution in [-0.4, -0.2) is 40.9 Å². The quantitative estimate of drug-likeness (QED) is 0.605. The Kier molecular flexibility index (Phi) is 8.84. The van der Waals surface area contributed by atoms with Crippen molar-refractivity contribution in [2.75, 3.05) is 6.61 Å². The van der Waals surface area contributed by atoms with Crippen LogP contribution in [0.25, 0.3) is 0 Å². The normalized spacial score (nSPS) is 14.3. The minimum atomic E-state index is -2.96. The monoisotopic (exact) mass is 274 g/mol. The molecule has 0 aromatic rings. The molecular formula is C10H21F3O3Si. The number of alkyl halides is 3. The highest BCUT2D eigenvalue weighted by Gasteiger charge is 2.22. The second-order valence-corrected chi connectivity index (χ2v) is 5.62. The average Bonchev–Trinajstić information content (AvgIpc) is 2.14. The molecule has 0 heterocycles. The van der Waals surface area contributed by atoms with E-state index in [1.807, 2.05) is 27.7 Å². The Morgan fingerprint density at radius 2 is 1.41 bits per heavy atom. The third-order valence-electron chi connectivity index (χ3n) is 1.69. The molecule has 0 rings (SSSR count). The van der Waals surface area contributed by atoms with E-state index in [-0.39, 0.29) is 25.2 Å². The minimum Gasteiger partial charge on any atom is -0.376 e. The highest BCUT2D eigenvalue weighted by atomic mass is 28.3. The van der Waals surface area contributed by atoms with Crippen LogP contribution in [0.2, 0.25) is 0 Å². The Bertz CT molecular complexity index is 184. The van der Waals surface area contributed by atoms with Gasteiger partial charge >= 0.3 is 9.53 Å². The van der Waals surface area contributed by atoms with Crippen molar-refractivity contribution in [2.24, 2.45) is 0 Å². The first-order chi connectivity index (χ1) is 7.82. The zero-order valence-electron chi connectivity index (χ0n) is 10.7. The van der Waals surface area contributed by atoms with Gasteiger partial charge in [0.05, 0.1) is 0 Å². The molecule has 17 heavy (non-hydrogen) atoms. The van der Waals surface area contributed by atoms with Crippen LogP contribution in [0.1, 0.15) is 34.1 Å². The Morgan fingerprint density at radius 3 is 1.76 bits per heavy atom. The molecule has 0 spiro atoms. The van der Waals surface area contributed by atoms with Crippen molar-refractivity contribution in [1.82, 2.24) is 0 Å². The number of rotatable bonds is 9. The Labute approximate surface area is 102 Å². The molecule has 0 amide bonds. The fourth-order valence-electron chi connectivity index (χ4n) is 0.958. The highest BCUT2D eigenvalue weighted by molar-refractivity contribution is 6.36. The van der Waals surface area contributed by atoms with E-state index in [1.54, 1.807) is 0 Å². The van der Waals surface area contributed by atoms with Crippen LogP contribution in [-0.2, 0) is 13.3 Å². The summed E-state index contributed by atoms with van der Waals surface area (Å²) in [5.41, 5.74) is 0. The van der Waals surface area contributed by atoms with Gasteiger partial charge in [-0.2, -0.15) is 0 Å². The molecule has 0 aliphatic heterocycles. The molecule has 0 N–H and O–H groups in total. The van der Waals surface area contributed by atoms with Crippen molar-refractivity contribution in [3.63, 3.8) is 0 Å². The SMILES string of the molecule is CC(C)O[SiH](OCCC(F)C(F)F)OC(C)C. The van der Waals surface area contributed by atoms with E-state index in [9.17, 15) is 13.2 Å². The second kappa shape index (κ2) is 8.90. The molecule has 104 valence electrons. The lowest BCUT2D eigenvalue weighted by atomic mass is 10.3. The Balaban J connectivity index is 3.90. The van der Waals surface area contributed by atoms with Gasteiger partial charge in [0, 0.05) is 25.2 Å². The summed E-state index contributed by atoms with van der Waals surface area (Å²) in [5, 5.41) is 0. The standard InChI is InChI=1S/C10H21F3O3Si/c1-7(2)15-17(16-8(3)4)14-6-5-9(11)10(12)13/h7-10,17H,5-6H2,1-4H3. The second-order valence-electron chi connectivity index (χ2n) is 4.17. The van der Waals surface area contributed by atoms with Gasteiger partial charge in [0.25, 0.3) is 6.43 Å². The van der Waals surface area contributed by atoms with Crippen LogP contribution < -0.4 is 0 Å². The molecule has 0 fully saturated rings. The van der Waals surface area contributed by atoms with Gasteiger partial charge in [0.15, 0.2) is 6.17 Å². The molecule has 0 bridgehead atoms. The molecule has 0 saturated heterocycles. The number of hydrogen-bond acceptors (Lipinski definition) is 3. The lowest BCUT2D eigenvalue weighted by molar-refractivity contribution is 0.0178. The molecule has 0 aromatic carbocycles. The smallest absolute Gasteiger partial charge is 0.376 e. The van der Waals surface area contributed by atoms with Gasteiger partial charge < -0.3 is 13.3 Å². The fraction of sp³-hybridized carbons (Fsp3) is 1.00. The van der Waals surface area contributed by atoms with Crippen LogP contribution in [0.15, 0.2) is 0 Å². The molecule has 0 aliphatic rings.